The topological polar surface area (TPSA) is 60.0 Å². The predicted molar refractivity (Wildman–Crippen MR) is 222 cm³/mol. The molecule has 0 aromatic heterocycles. The molecule has 1 spiro atoms. The van der Waals surface area contributed by atoms with Gasteiger partial charge in [-0.2, -0.15) is 0 Å². The Bertz CT molecular complexity index is 1790. The van der Waals surface area contributed by atoms with Crippen molar-refractivity contribution in [1.29, 1.82) is 0 Å². The van der Waals surface area contributed by atoms with E-state index < -0.39 is 19.3 Å². The van der Waals surface area contributed by atoms with Crippen LogP contribution in [0.1, 0.15) is 58.9 Å². The molecule has 3 aliphatic heterocycles. The van der Waals surface area contributed by atoms with E-state index in [2.05, 4.69) is 128 Å². The van der Waals surface area contributed by atoms with Crippen LogP contribution in [0.5, 0.6) is 0 Å². The molecule has 6 nitrogen and oxygen atoms in total. The van der Waals surface area contributed by atoms with Gasteiger partial charge in [0, 0.05) is 41.6 Å². The number of fused-ring (bicyclic) bond motifs is 1. The predicted octanol–water partition coefficient (Wildman–Crippen LogP) is 8.47. The largest absolute Gasteiger partial charge is 2.00 e. The van der Waals surface area contributed by atoms with Crippen molar-refractivity contribution < 1.29 is 36.1 Å². The molecule has 5 atom stereocenters. The van der Waals surface area contributed by atoms with Crippen LogP contribution in [0.25, 0.3) is 0 Å². The van der Waals surface area contributed by atoms with E-state index in [1.165, 1.54) is 34.9 Å². The van der Waals surface area contributed by atoms with Crippen LogP contribution in [0.2, 0.25) is 0 Å². The Labute approximate surface area is 348 Å². The standard InChI is InChI=1S/C43H48N2O4P.C5H5.Fe/c1-6-42(28-48-41(3,4)49-42)27-30-26-34(40(46)47-5)38-43(35-21-13-14-22-36(35)44-38)24-25-45(39(30)43)29(2)33-20-15-23-37(33)50(31-16-9-7-10-17-31)32-18-11-8-12-19-32;1-2-4-5-3-1;/h7-23,29-30,39,44H,6,24-28H2,1-5H3;1-5H;/q;;+2/t29-,30+,39+,42-,43+;;/m0../s1. The zero-order valence-corrected chi connectivity index (χ0v) is 35.1. The van der Waals surface area contributed by atoms with Gasteiger partial charge in [0.2, 0.25) is 0 Å². The van der Waals surface area contributed by atoms with Crippen LogP contribution < -0.4 is 15.9 Å². The maximum Gasteiger partial charge on any atom is 2.00 e. The maximum atomic E-state index is 13.7. The fourth-order valence-electron chi connectivity index (χ4n) is 10.1. The van der Waals surface area contributed by atoms with Gasteiger partial charge in [-0.3, -0.25) is 4.90 Å². The summed E-state index contributed by atoms with van der Waals surface area (Å²) in [6.45, 7) is 10.1. The molecule has 1 N–H and O–H groups in total. The molecule has 3 aliphatic carbocycles. The minimum absolute atomic E-state index is 0. The van der Waals surface area contributed by atoms with E-state index in [1.807, 2.05) is 46.0 Å². The number of esters is 1. The van der Waals surface area contributed by atoms with Crippen LogP contribution in [0.15, 0.2) is 96.2 Å². The number of benzene rings is 3. The van der Waals surface area contributed by atoms with Crippen LogP contribution in [-0.4, -0.2) is 54.6 Å². The van der Waals surface area contributed by atoms with Crippen LogP contribution in [-0.2, 0) is 41.5 Å². The first-order valence-electron chi connectivity index (χ1n) is 19.8. The van der Waals surface area contributed by atoms with E-state index in [9.17, 15) is 4.79 Å². The number of carbonyl (C=O) groups is 1. The van der Waals surface area contributed by atoms with Gasteiger partial charge in [-0.1, -0.05) is 85.8 Å². The van der Waals surface area contributed by atoms with Gasteiger partial charge in [0.05, 0.1) is 30.3 Å². The van der Waals surface area contributed by atoms with Gasteiger partial charge in [-0.25, -0.2) is 4.79 Å². The Morgan fingerprint density at radius 3 is 2.12 bits per heavy atom. The van der Waals surface area contributed by atoms with Crippen molar-refractivity contribution in [3.63, 3.8) is 0 Å². The fourth-order valence-corrected chi connectivity index (χ4v) is 12.6. The second-order valence-corrected chi connectivity index (χ2v) is 18.1. The van der Waals surface area contributed by atoms with Crippen molar-refractivity contribution in [2.24, 2.45) is 5.92 Å². The summed E-state index contributed by atoms with van der Waals surface area (Å²) in [5, 5.41) is 6.49. The molecule has 290 valence electrons. The third-order valence-corrected chi connectivity index (χ3v) is 14.9. The summed E-state index contributed by atoms with van der Waals surface area (Å²) in [7, 11) is 0.749. The number of para-hydroxylation sites is 1. The fraction of sp³-hybridized carbons (Fsp3) is 0.354. The molecule has 6 aliphatic rings. The second-order valence-electron chi connectivity index (χ2n) is 15.9. The Morgan fingerprint density at radius 1 is 0.911 bits per heavy atom. The number of nitrogens with one attached hydrogen (secondary N) is 1. The molecule has 56 heavy (non-hydrogen) atoms. The number of ether oxygens (including phenoxy) is 3. The van der Waals surface area contributed by atoms with Gasteiger partial charge >= 0.3 is 23.0 Å². The molecule has 3 aromatic carbocycles. The quantitative estimate of drug-likeness (QED) is 0.133. The molecule has 8 heteroatoms. The second kappa shape index (κ2) is 17.4. The maximum absolute atomic E-state index is 13.7. The summed E-state index contributed by atoms with van der Waals surface area (Å²) in [5.74, 6) is 0.634. The summed E-state index contributed by atoms with van der Waals surface area (Å²) >= 11 is 0. The number of hydrogen-bond acceptors (Lipinski definition) is 6. The van der Waals surface area contributed by atoms with Gasteiger partial charge < -0.3 is 19.5 Å². The third kappa shape index (κ3) is 7.71. The number of anilines is 1. The van der Waals surface area contributed by atoms with Gasteiger partial charge in [0.25, 0.3) is 0 Å². The van der Waals surface area contributed by atoms with E-state index in [0.717, 1.165) is 42.8 Å². The molecule has 3 aromatic rings. The van der Waals surface area contributed by atoms with Crippen molar-refractivity contribution in [3.05, 3.63) is 165 Å². The number of methoxy groups -OCH3 is 1. The minimum Gasteiger partial charge on any atom is -0.466 e. The monoisotopic (exact) mass is 808 g/mol. The summed E-state index contributed by atoms with van der Waals surface area (Å²) < 4.78 is 18.5. The van der Waals surface area contributed by atoms with Crippen LogP contribution >= 0.6 is 7.92 Å². The van der Waals surface area contributed by atoms with E-state index in [4.69, 9.17) is 14.2 Å². The third-order valence-electron chi connectivity index (χ3n) is 12.4. The van der Waals surface area contributed by atoms with Gasteiger partial charge in [0.1, 0.15) is 0 Å². The Hall–Kier alpha value is -2.50. The molecule has 2 saturated carbocycles. The van der Waals surface area contributed by atoms with Crippen molar-refractivity contribution in [2.75, 3.05) is 25.6 Å². The first-order chi connectivity index (χ1) is 26.7. The van der Waals surface area contributed by atoms with Crippen molar-refractivity contribution >= 4 is 30.2 Å². The first-order valence-corrected chi connectivity index (χ1v) is 21.2. The normalized spacial score (nSPS) is 28.8. The SMILES string of the molecule is CC[C@]1(C[C@H]2CC(C(=O)OC)=C3Nc4ccccc4[C@]34CCN([C@@H](C)[C]3[CH][CH][CH][C]3P(c3ccccc3)c3ccccc3)[C@H]24)COC(C)(C)O1.[CH]1[CH][CH][CH][CH]1.[Fe+2]. The summed E-state index contributed by atoms with van der Waals surface area (Å²) in [6, 6.07) is 30.9. The Balaban J connectivity index is 0.000000744. The van der Waals surface area contributed by atoms with Gasteiger partial charge in [-0.05, 0) is 134 Å². The zero-order valence-electron chi connectivity index (χ0n) is 33.1. The summed E-state index contributed by atoms with van der Waals surface area (Å²) in [5.41, 5.74) is 4.81. The molecule has 10 radical (unpaired) electrons. The molecular formula is C48H53FeN2O4P+2. The van der Waals surface area contributed by atoms with E-state index in [1.54, 1.807) is 0 Å². The number of likely N-dealkylation sites (tertiary alicyclic amines) is 1. The van der Waals surface area contributed by atoms with Crippen molar-refractivity contribution in [2.45, 2.75) is 82.3 Å². The average Bonchev–Trinajstić information content (AvgIpc) is 4.07. The Kier molecular flexibility index (Phi) is 12.9. The van der Waals surface area contributed by atoms with E-state index in [-0.39, 0.29) is 46.5 Å². The number of nitrogens with zero attached hydrogens (tertiary/aromatic N) is 1. The molecule has 3 heterocycles. The molecule has 0 amide bonds. The number of rotatable bonds is 9. The van der Waals surface area contributed by atoms with E-state index >= 15 is 0 Å². The Morgan fingerprint density at radius 2 is 1.54 bits per heavy atom. The van der Waals surface area contributed by atoms with Crippen LogP contribution in [0, 0.1) is 68.9 Å². The number of hydrogen-bond donors (Lipinski definition) is 1. The molecule has 4 fully saturated rings. The van der Waals surface area contributed by atoms with Crippen molar-refractivity contribution in [3.8, 4) is 0 Å². The van der Waals surface area contributed by atoms with Crippen molar-refractivity contribution in [1.82, 2.24) is 4.90 Å². The molecule has 9 rings (SSSR count). The molecule has 2 saturated heterocycles. The first kappa shape index (κ1) is 41.7. The molecule has 0 bridgehead atoms. The minimum atomic E-state index is -0.759. The van der Waals surface area contributed by atoms with Crippen LogP contribution in [0.3, 0.4) is 0 Å². The van der Waals surface area contributed by atoms with Crippen LogP contribution in [0.4, 0.5) is 5.69 Å². The van der Waals surface area contributed by atoms with E-state index in [0.29, 0.717) is 13.0 Å². The number of carbonyl (C=O) groups excluding carboxylic acids is 1. The van der Waals surface area contributed by atoms with Gasteiger partial charge in [-0.15, -0.1) is 0 Å². The average molecular weight is 809 g/mol. The zero-order chi connectivity index (χ0) is 38.2. The van der Waals surface area contributed by atoms with Gasteiger partial charge in [0.15, 0.2) is 5.79 Å². The summed E-state index contributed by atoms with van der Waals surface area (Å²) in [4.78, 5) is 16.5. The molecule has 0 unspecified atom stereocenters. The summed E-state index contributed by atoms with van der Waals surface area (Å²) in [6.07, 6.45) is 20.1. The smallest absolute Gasteiger partial charge is 0.466 e. The molecular weight excluding hydrogens is 755 g/mol.